The van der Waals surface area contributed by atoms with Gasteiger partial charge in [0.05, 0.1) is 12.4 Å². The first-order valence-electron chi connectivity index (χ1n) is 8.94. The van der Waals surface area contributed by atoms with E-state index >= 15 is 0 Å². The number of piperidine rings is 1. The highest BCUT2D eigenvalue weighted by Gasteiger charge is 2.28. The van der Waals surface area contributed by atoms with Crippen molar-refractivity contribution in [3.8, 4) is 5.75 Å². The number of sulfonamides is 1. The molecule has 3 rings (SSSR count). The van der Waals surface area contributed by atoms with Gasteiger partial charge in [-0.25, -0.2) is 17.1 Å². The van der Waals surface area contributed by atoms with E-state index in [4.69, 9.17) is 4.74 Å². The Hall–Kier alpha value is -1.92. The lowest BCUT2D eigenvalue weighted by atomic mass is 9.99. The molecule has 0 aromatic heterocycles. The fourth-order valence-electron chi connectivity index (χ4n) is 3.14. The lowest BCUT2D eigenvalue weighted by Gasteiger charge is -2.31. The SMILES string of the molecule is O=S(=O)(CCc1ccccc1)N1CCC(COc2ccccc2F)CC1. The summed E-state index contributed by atoms with van der Waals surface area (Å²) in [5.74, 6) is 0.266. The van der Waals surface area contributed by atoms with Crippen molar-refractivity contribution in [3.05, 3.63) is 66.0 Å². The zero-order chi connectivity index (χ0) is 18.4. The maximum absolute atomic E-state index is 13.6. The van der Waals surface area contributed by atoms with Gasteiger partial charge in [-0.1, -0.05) is 42.5 Å². The van der Waals surface area contributed by atoms with Crippen molar-refractivity contribution < 1.29 is 17.5 Å². The molecule has 2 aromatic carbocycles. The Morgan fingerprint density at radius 1 is 1.00 bits per heavy atom. The summed E-state index contributed by atoms with van der Waals surface area (Å²) >= 11 is 0. The molecule has 0 amide bonds. The average Bonchev–Trinajstić information content (AvgIpc) is 2.67. The fourth-order valence-corrected chi connectivity index (χ4v) is 4.66. The van der Waals surface area contributed by atoms with Crippen molar-refractivity contribution in [2.45, 2.75) is 19.3 Å². The zero-order valence-electron chi connectivity index (χ0n) is 14.7. The molecule has 0 atom stereocenters. The van der Waals surface area contributed by atoms with E-state index in [9.17, 15) is 12.8 Å². The van der Waals surface area contributed by atoms with Crippen LogP contribution in [-0.4, -0.2) is 38.2 Å². The van der Waals surface area contributed by atoms with Gasteiger partial charge in [0.2, 0.25) is 10.0 Å². The number of hydrogen-bond acceptors (Lipinski definition) is 3. The molecule has 0 aliphatic carbocycles. The molecule has 0 saturated carbocycles. The van der Waals surface area contributed by atoms with Crippen LogP contribution in [0.1, 0.15) is 18.4 Å². The molecule has 0 unspecified atom stereocenters. The second-order valence-corrected chi connectivity index (χ2v) is 8.72. The normalized spacial score (nSPS) is 16.5. The van der Waals surface area contributed by atoms with E-state index in [0.29, 0.717) is 26.1 Å². The average molecular weight is 377 g/mol. The standard InChI is InChI=1S/C20H24FNO3S/c21-19-8-4-5-9-20(19)25-16-18-10-13-22(14-11-18)26(23,24)15-12-17-6-2-1-3-7-17/h1-9,18H,10-16H2. The molecule has 1 fully saturated rings. The Balaban J connectivity index is 1.46. The van der Waals surface area contributed by atoms with Crippen molar-refractivity contribution in [2.75, 3.05) is 25.4 Å². The van der Waals surface area contributed by atoms with Crippen LogP contribution in [0.25, 0.3) is 0 Å². The molecular formula is C20H24FNO3S. The summed E-state index contributed by atoms with van der Waals surface area (Å²) in [4.78, 5) is 0. The highest BCUT2D eigenvalue weighted by atomic mass is 32.2. The van der Waals surface area contributed by atoms with Crippen molar-refractivity contribution >= 4 is 10.0 Å². The Kier molecular flexibility index (Phi) is 6.27. The van der Waals surface area contributed by atoms with Crippen molar-refractivity contribution in [1.82, 2.24) is 4.31 Å². The van der Waals surface area contributed by atoms with E-state index < -0.39 is 10.0 Å². The number of para-hydroxylation sites is 1. The van der Waals surface area contributed by atoms with Crippen LogP contribution in [0.3, 0.4) is 0 Å². The first kappa shape index (κ1) is 18.9. The lowest BCUT2D eigenvalue weighted by molar-refractivity contribution is 0.181. The van der Waals surface area contributed by atoms with Crippen LogP contribution >= 0.6 is 0 Å². The molecule has 1 aliphatic rings. The third kappa shape index (κ3) is 5.05. The number of halogens is 1. The minimum Gasteiger partial charge on any atom is -0.490 e. The van der Waals surface area contributed by atoms with Crippen LogP contribution in [0, 0.1) is 11.7 Å². The first-order chi connectivity index (χ1) is 12.5. The number of ether oxygens (including phenoxy) is 1. The van der Waals surface area contributed by atoms with E-state index in [-0.39, 0.29) is 23.2 Å². The lowest BCUT2D eigenvalue weighted by Crippen LogP contribution is -2.41. The molecule has 1 saturated heterocycles. The van der Waals surface area contributed by atoms with Gasteiger partial charge in [-0.3, -0.25) is 0 Å². The summed E-state index contributed by atoms with van der Waals surface area (Å²) in [6.07, 6.45) is 2.00. The van der Waals surface area contributed by atoms with E-state index in [1.54, 1.807) is 22.5 Å². The minimum absolute atomic E-state index is 0.132. The Bertz CT molecular complexity index is 803. The summed E-state index contributed by atoms with van der Waals surface area (Å²) in [5, 5.41) is 0. The van der Waals surface area contributed by atoms with Gasteiger partial charge in [-0.05, 0) is 42.9 Å². The third-order valence-corrected chi connectivity index (χ3v) is 6.64. The van der Waals surface area contributed by atoms with Crippen LogP contribution < -0.4 is 4.74 Å². The van der Waals surface area contributed by atoms with Gasteiger partial charge >= 0.3 is 0 Å². The molecular weight excluding hydrogens is 353 g/mol. The Labute approximate surface area is 154 Å². The molecule has 6 heteroatoms. The smallest absolute Gasteiger partial charge is 0.214 e. The largest absolute Gasteiger partial charge is 0.490 e. The molecule has 0 radical (unpaired) electrons. The van der Waals surface area contributed by atoms with Gasteiger partial charge in [-0.15, -0.1) is 0 Å². The highest BCUT2D eigenvalue weighted by Crippen LogP contribution is 2.23. The van der Waals surface area contributed by atoms with Crippen molar-refractivity contribution in [3.63, 3.8) is 0 Å². The highest BCUT2D eigenvalue weighted by molar-refractivity contribution is 7.89. The third-order valence-electron chi connectivity index (χ3n) is 4.77. The first-order valence-corrected chi connectivity index (χ1v) is 10.5. The number of nitrogens with zero attached hydrogens (tertiary/aromatic N) is 1. The second-order valence-electron chi connectivity index (χ2n) is 6.64. The number of hydrogen-bond donors (Lipinski definition) is 0. The molecule has 140 valence electrons. The topological polar surface area (TPSA) is 46.6 Å². The van der Waals surface area contributed by atoms with E-state index in [2.05, 4.69) is 0 Å². The molecule has 2 aromatic rings. The summed E-state index contributed by atoms with van der Waals surface area (Å²) in [6, 6.07) is 16.0. The zero-order valence-corrected chi connectivity index (χ0v) is 15.5. The number of aryl methyl sites for hydroxylation is 1. The summed E-state index contributed by atoms with van der Waals surface area (Å²) in [5.41, 5.74) is 1.03. The molecule has 0 spiro atoms. The van der Waals surface area contributed by atoms with E-state index in [1.807, 2.05) is 30.3 Å². The van der Waals surface area contributed by atoms with E-state index in [0.717, 1.165) is 18.4 Å². The maximum atomic E-state index is 13.6. The second kappa shape index (κ2) is 8.64. The van der Waals surface area contributed by atoms with Crippen LogP contribution in [0.15, 0.2) is 54.6 Å². The molecule has 1 heterocycles. The van der Waals surface area contributed by atoms with Crippen LogP contribution in [0.5, 0.6) is 5.75 Å². The summed E-state index contributed by atoms with van der Waals surface area (Å²) < 4.78 is 45.8. The quantitative estimate of drug-likeness (QED) is 0.742. The van der Waals surface area contributed by atoms with Gasteiger partial charge in [0, 0.05) is 13.1 Å². The maximum Gasteiger partial charge on any atom is 0.214 e. The van der Waals surface area contributed by atoms with E-state index in [1.165, 1.54) is 6.07 Å². The number of rotatable bonds is 7. The summed E-state index contributed by atoms with van der Waals surface area (Å²) in [6.45, 7) is 1.42. The Morgan fingerprint density at radius 2 is 1.65 bits per heavy atom. The predicted octanol–water partition coefficient (Wildman–Crippen LogP) is 3.49. The van der Waals surface area contributed by atoms with Gasteiger partial charge in [0.25, 0.3) is 0 Å². The van der Waals surface area contributed by atoms with Gasteiger partial charge < -0.3 is 4.74 Å². The molecule has 1 aliphatic heterocycles. The predicted molar refractivity (Wildman–Crippen MR) is 100 cm³/mol. The molecule has 0 bridgehead atoms. The molecule has 4 nitrogen and oxygen atoms in total. The van der Waals surface area contributed by atoms with Gasteiger partial charge in [0.1, 0.15) is 0 Å². The Morgan fingerprint density at radius 3 is 2.35 bits per heavy atom. The minimum atomic E-state index is -3.25. The van der Waals surface area contributed by atoms with Crippen LogP contribution in [-0.2, 0) is 16.4 Å². The molecule has 26 heavy (non-hydrogen) atoms. The van der Waals surface area contributed by atoms with Gasteiger partial charge in [-0.2, -0.15) is 0 Å². The number of benzene rings is 2. The van der Waals surface area contributed by atoms with Crippen molar-refractivity contribution in [1.29, 1.82) is 0 Å². The monoisotopic (exact) mass is 377 g/mol. The van der Waals surface area contributed by atoms with Crippen LogP contribution in [0.4, 0.5) is 4.39 Å². The fraction of sp³-hybridized carbons (Fsp3) is 0.400. The van der Waals surface area contributed by atoms with Gasteiger partial charge in [0.15, 0.2) is 11.6 Å². The summed E-state index contributed by atoms with van der Waals surface area (Å²) in [7, 11) is -3.25. The van der Waals surface area contributed by atoms with Crippen LogP contribution in [0.2, 0.25) is 0 Å². The van der Waals surface area contributed by atoms with Crippen molar-refractivity contribution in [2.24, 2.45) is 5.92 Å². The molecule has 0 N–H and O–H groups in total.